The fourth-order valence-corrected chi connectivity index (χ4v) is 1.72. The second-order valence-corrected chi connectivity index (χ2v) is 3.77. The number of hydrogen-bond acceptors (Lipinski definition) is 3. The average Bonchev–Trinajstić information content (AvgIpc) is 2.33. The van der Waals surface area contributed by atoms with E-state index in [4.69, 9.17) is 5.73 Å². The van der Waals surface area contributed by atoms with Crippen LogP contribution in [0.15, 0.2) is 36.7 Å². The van der Waals surface area contributed by atoms with Crippen LogP contribution in [0.2, 0.25) is 0 Å². The van der Waals surface area contributed by atoms with E-state index in [2.05, 4.69) is 4.98 Å². The number of carboxylic acids is 1. The topological polar surface area (TPSA) is 76.2 Å². The predicted molar refractivity (Wildman–Crippen MR) is 65.8 cm³/mol. The number of rotatable bonds is 2. The van der Waals surface area contributed by atoms with Gasteiger partial charge in [0, 0.05) is 23.6 Å². The van der Waals surface area contributed by atoms with Crippen LogP contribution >= 0.6 is 0 Å². The van der Waals surface area contributed by atoms with E-state index in [0.717, 1.165) is 11.1 Å². The van der Waals surface area contributed by atoms with Crippen LogP contribution in [0.4, 0.5) is 5.69 Å². The molecule has 1 aromatic heterocycles. The highest BCUT2D eigenvalue weighted by Gasteiger charge is 2.16. The van der Waals surface area contributed by atoms with Crippen molar-refractivity contribution in [2.45, 2.75) is 6.92 Å². The number of hydrogen-bond donors (Lipinski definition) is 2. The Morgan fingerprint density at radius 3 is 2.71 bits per heavy atom. The van der Waals surface area contributed by atoms with Gasteiger partial charge in [-0.3, -0.25) is 4.98 Å². The van der Waals surface area contributed by atoms with Gasteiger partial charge in [0.25, 0.3) is 0 Å². The molecule has 2 aromatic rings. The standard InChI is InChI=1S/C13H12N2O2/c1-8-4-5-10(9-3-2-6-15-7-9)11(12(8)14)13(16)17/h2-7H,14H2,1H3,(H,16,17). The number of benzene rings is 1. The van der Waals surface area contributed by atoms with Gasteiger partial charge >= 0.3 is 5.97 Å². The highest BCUT2D eigenvalue weighted by Crippen LogP contribution is 2.29. The number of aryl methyl sites for hydroxylation is 1. The smallest absolute Gasteiger partial charge is 0.338 e. The number of carbonyl (C=O) groups is 1. The van der Waals surface area contributed by atoms with E-state index in [-0.39, 0.29) is 5.56 Å². The molecule has 4 heteroatoms. The Bertz CT molecular complexity index is 565. The Morgan fingerprint density at radius 2 is 2.12 bits per heavy atom. The molecule has 17 heavy (non-hydrogen) atoms. The second-order valence-electron chi connectivity index (χ2n) is 3.77. The minimum absolute atomic E-state index is 0.137. The molecule has 4 nitrogen and oxygen atoms in total. The van der Waals surface area contributed by atoms with Crippen LogP contribution < -0.4 is 5.73 Å². The van der Waals surface area contributed by atoms with Crippen LogP contribution in [0.5, 0.6) is 0 Å². The van der Waals surface area contributed by atoms with Crippen LogP contribution in [0, 0.1) is 6.92 Å². The molecule has 0 saturated heterocycles. The Labute approximate surface area is 98.7 Å². The van der Waals surface area contributed by atoms with Crippen LogP contribution in [-0.2, 0) is 0 Å². The zero-order chi connectivity index (χ0) is 12.4. The van der Waals surface area contributed by atoms with E-state index in [1.54, 1.807) is 31.5 Å². The zero-order valence-corrected chi connectivity index (χ0v) is 9.34. The number of pyridine rings is 1. The third-order valence-electron chi connectivity index (χ3n) is 2.65. The lowest BCUT2D eigenvalue weighted by atomic mass is 9.97. The van der Waals surface area contributed by atoms with Crippen LogP contribution in [0.3, 0.4) is 0 Å². The molecule has 0 amide bonds. The molecule has 0 atom stereocenters. The van der Waals surface area contributed by atoms with Gasteiger partial charge in [-0.1, -0.05) is 18.2 Å². The summed E-state index contributed by atoms with van der Waals surface area (Å²) in [7, 11) is 0. The van der Waals surface area contributed by atoms with Crippen LogP contribution in [-0.4, -0.2) is 16.1 Å². The number of anilines is 1. The monoisotopic (exact) mass is 228 g/mol. The molecule has 0 spiro atoms. The van der Waals surface area contributed by atoms with Crippen molar-refractivity contribution in [3.8, 4) is 11.1 Å². The fraction of sp³-hybridized carbons (Fsp3) is 0.0769. The molecule has 1 heterocycles. The van der Waals surface area contributed by atoms with Crippen molar-refractivity contribution < 1.29 is 9.90 Å². The zero-order valence-electron chi connectivity index (χ0n) is 9.34. The lowest BCUT2D eigenvalue weighted by Crippen LogP contribution is -2.06. The summed E-state index contributed by atoms with van der Waals surface area (Å²) in [5.41, 5.74) is 8.36. The second kappa shape index (κ2) is 4.25. The maximum Gasteiger partial charge on any atom is 0.338 e. The maximum atomic E-state index is 11.3. The first-order valence-electron chi connectivity index (χ1n) is 5.14. The summed E-state index contributed by atoms with van der Waals surface area (Å²) in [4.78, 5) is 15.2. The minimum atomic E-state index is -1.02. The van der Waals surface area contributed by atoms with Gasteiger partial charge in [-0.05, 0) is 24.1 Å². The molecule has 0 aliphatic rings. The first kappa shape index (κ1) is 11.1. The van der Waals surface area contributed by atoms with Crippen molar-refractivity contribution >= 4 is 11.7 Å². The Hall–Kier alpha value is -2.36. The number of aromatic carboxylic acids is 1. The van der Waals surface area contributed by atoms with Gasteiger partial charge in [0.1, 0.15) is 0 Å². The van der Waals surface area contributed by atoms with Crippen molar-refractivity contribution in [2.75, 3.05) is 5.73 Å². The lowest BCUT2D eigenvalue weighted by Gasteiger charge is -2.10. The Kier molecular flexibility index (Phi) is 2.78. The molecule has 2 rings (SSSR count). The van der Waals surface area contributed by atoms with E-state index in [9.17, 15) is 9.90 Å². The first-order chi connectivity index (χ1) is 8.11. The largest absolute Gasteiger partial charge is 0.478 e. The van der Waals surface area contributed by atoms with Crippen molar-refractivity contribution in [2.24, 2.45) is 0 Å². The van der Waals surface area contributed by atoms with Crippen LogP contribution in [0.25, 0.3) is 11.1 Å². The molecular formula is C13H12N2O2. The Morgan fingerprint density at radius 1 is 1.35 bits per heavy atom. The Balaban J connectivity index is 2.71. The van der Waals surface area contributed by atoms with Gasteiger partial charge in [-0.15, -0.1) is 0 Å². The van der Waals surface area contributed by atoms with Crippen LogP contribution in [0.1, 0.15) is 15.9 Å². The summed E-state index contributed by atoms with van der Waals surface area (Å²) in [5.74, 6) is -1.02. The summed E-state index contributed by atoms with van der Waals surface area (Å²) in [6.07, 6.45) is 3.26. The van der Waals surface area contributed by atoms with Gasteiger partial charge < -0.3 is 10.8 Å². The van der Waals surface area contributed by atoms with Gasteiger partial charge in [-0.25, -0.2) is 4.79 Å². The van der Waals surface area contributed by atoms with Crippen molar-refractivity contribution in [1.82, 2.24) is 4.98 Å². The number of nitrogens with zero attached hydrogens (tertiary/aromatic N) is 1. The fourth-order valence-electron chi connectivity index (χ4n) is 1.72. The van der Waals surface area contributed by atoms with Crippen molar-refractivity contribution in [1.29, 1.82) is 0 Å². The summed E-state index contributed by atoms with van der Waals surface area (Å²) >= 11 is 0. The average molecular weight is 228 g/mol. The SMILES string of the molecule is Cc1ccc(-c2cccnc2)c(C(=O)O)c1N. The van der Waals surface area contributed by atoms with E-state index in [1.807, 2.05) is 12.1 Å². The summed E-state index contributed by atoms with van der Waals surface area (Å²) < 4.78 is 0. The predicted octanol–water partition coefficient (Wildman–Crippen LogP) is 2.34. The van der Waals surface area contributed by atoms with E-state index < -0.39 is 5.97 Å². The molecule has 86 valence electrons. The number of carboxylic acid groups (broad SMARTS) is 1. The van der Waals surface area contributed by atoms with Gasteiger partial charge in [-0.2, -0.15) is 0 Å². The summed E-state index contributed by atoms with van der Waals surface area (Å²) in [6.45, 7) is 1.79. The molecule has 0 radical (unpaired) electrons. The number of nitrogens with two attached hydrogens (primary N) is 1. The maximum absolute atomic E-state index is 11.3. The van der Waals surface area contributed by atoms with Gasteiger partial charge in [0.2, 0.25) is 0 Å². The van der Waals surface area contributed by atoms with E-state index in [1.165, 1.54) is 0 Å². The third kappa shape index (κ3) is 1.97. The molecule has 0 aliphatic heterocycles. The lowest BCUT2D eigenvalue weighted by molar-refractivity contribution is 0.0699. The van der Waals surface area contributed by atoms with Crippen molar-refractivity contribution in [3.05, 3.63) is 47.8 Å². The highest BCUT2D eigenvalue weighted by atomic mass is 16.4. The highest BCUT2D eigenvalue weighted by molar-refractivity contribution is 6.01. The number of aromatic nitrogens is 1. The molecule has 3 N–H and O–H groups in total. The minimum Gasteiger partial charge on any atom is -0.478 e. The normalized spacial score (nSPS) is 10.2. The molecule has 0 fully saturated rings. The van der Waals surface area contributed by atoms with Crippen molar-refractivity contribution in [3.63, 3.8) is 0 Å². The van der Waals surface area contributed by atoms with E-state index >= 15 is 0 Å². The first-order valence-corrected chi connectivity index (χ1v) is 5.14. The quantitative estimate of drug-likeness (QED) is 0.773. The van der Waals surface area contributed by atoms with Gasteiger partial charge in [0.15, 0.2) is 0 Å². The molecule has 0 bridgehead atoms. The summed E-state index contributed by atoms with van der Waals surface area (Å²) in [5, 5.41) is 9.23. The molecule has 0 aliphatic carbocycles. The molecule has 0 unspecified atom stereocenters. The molecule has 1 aromatic carbocycles. The molecule has 0 saturated carbocycles. The molecular weight excluding hydrogens is 216 g/mol. The summed E-state index contributed by atoms with van der Waals surface area (Å²) in [6, 6.07) is 7.14. The van der Waals surface area contributed by atoms with E-state index in [0.29, 0.717) is 11.3 Å². The third-order valence-corrected chi connectivity index (χ3v) is 2.65. The number of nitrogen functional groups attached to an aromatic ring is 1. The van der Waals surface area contributed by atoms with Gasteiger partial charge in [0.05, 0.1) is 5.56 Å².